The quantitative estimate of drug-likeness (QED) is 0.881. The minimum absolute atomic E-state index is 0.0442. The number of carbonyl (C=O) groups is 1. The van der Waals surface area contributed by atoms with Crippen LogP contribution in [0.25, 0.3) is 11.4 Å². The van der Waals surface area contributed by atoms with Gasteiger partial charge in [0.25, 0.3) is 0 Å². The molecule has 0 aliphatic rings. The molecule has 0 spiro atoms. The molecule has 2 rings (SSSR count). The van der Waals surface area contributed by atoms with Crippen molar-refractivity contribution in [3.05, 3.63) is 29.3 Å². The Morgan fingerprint density at radius 1 is 1.40 bits per heavy atom. The number of aromatic nitrogens is 3. The van der Waals surface area contributed by atoms with Crippen molar-refractivity contribution < 1.29 is 4.79 Å². The highest BCUT2D eigenvalue weighted by Gasteiger charge is 2.19. The van der Waals surface area contributed by atoms with Crippen LogP contribution in [0.5, 0.6) is 0 Å². The average Bonchev–Trinajstić information content (AvgIpc) is 2.80. The van der Waals surface area contributed by atoms with E-state index in [9.17, 15) is 4.79 Å². The van der Waals surface area contributed by atoms with Crippen molar-refractivity contribution in [2.75, 3.05) is 7.05 Å². The molecule has 0 aliphatic heterocycles. The van der Waals surface area contributed by atoms with Crippen LogP contribution < -0.4 is 5.32 Å². The van der Waals surface area contributed by atoms with Crippen molar-refractivity contribution in [1.82, 2.24) is 20.1 Å². The van der Waals surface area contributed by atoms with E-state index in [0.29, 0.717) is 16.0 Å². The molecule has 2 aromatic rings. The van der Waals surface area contributed by atoms with E-state index in [1.54, 1.807) is 7.05 Å². The molecule has 1 aromatic heterocycles. The highest BCUT2D eigenvalue weighted by Crippen LogP contribution is 2.29. The molecular weight excluding hydrogens is 296 g/mol. The van der Waals surface area contributed by atoms with Gasteiger partial charge in [0.15, 0.2) is 11.0 Å². The molecule has 1 heterocycles. The van der Waals surface area contributed by atoms with Crippen LogP contribution in [0, 0.1) is 0 Å². The number of carbonyl (C=O) groups excluding carboxylic acids is 1. The molecule has 0 saturated carbocycles. The molecule has 0 saturated heterocycles. The van der Waals surface area contributed by atoms with Gasteiger partial charge in [0.2, 0.25) is 5.91 Å². The predicted octanol–water partition coefficient (Wildman–Crippen LogP) is 2.36. The van der Waals surface area contributed by atoms with Gasteiger partial charge < -0.3 is 9.88 Å². The van der Waals surface area contributed by atoms with Gasteiger partial charge in [-0.3, -0.25) is 4.79 Å². The summed E-state index contributed by atoms with van der Waals surface area (Å²) in [6.07, 6.45) is 0. The maximum Gasteiger partial charge on any atom is 0.233 e. The molecule has 0 bridgehead atoms. The number of rotatable bonds is 4. The van der Waals surface area contributed by atoms with E-state index in [2.05, 4.69) is 15.5 Å². The topological polar surface area (TPSA) is 59.8 Å². The predicted molar refractivity (Wildman–Crippen MR) is 80.8 cm³/mol. The molecule has 5 nitrogen and oxygen atoms in total. The fourth-order valence-corrected chi connectivity index (χ4v) is 2.80. The Kier molecular flexibility index (Phi) is 4.67. The van der Waals surface area contributed by atoms with Crippen molar-refractivity contribution in [3.63, 3.8) is 0 Å². The molecule has 1 N–H and O–H groups in total. The average molecular weight is 311 g/mol. The zero-order valence-electron chi connectivity index (χ0n) is 11.4. The summed E-state index contributed by atoms with van der Waals surface area (Å²) in [5.41, 5.74) is 0.823. The Labute approximate surface area is 126 Å². The maximum atomic E-state index is 11.5. The first-order valence-electron chi connectivity index (χ1n) is 6.07. The first-order valence-corrected chi connectivity index (χ1v) is 7.33. The monoisotopic (exact) mass is 310 g/mol. The van der Waals surface area contributed by atoms with Gasteiger partial charge in [0, 0.05) is 19.7 Å². The highest BCUT2D eigenvalue weighted by atomic mass is 35.5. The summed E-state index contributed by atoms with van der Waals surface area (Å²) < 4.78 is 1.84. The van der Waals surface area contributed by atoms with Crippen LogP contribution in [0.1, 0.15) is 6.92 Å². The Bertz CT molecular complexity index is 629. The summed E-state index contributed by atoms with van der Waals surface area (Å²) >= 11 is 7.53. The van der Waals surface area contributed by atoms with E-state index in [-0.39, 0.29) is 11.2 Å². The number of halogens is 1. The number of hydrogen-bond donors (Lipinski definition) is 1. The molecule has 0 fully saturated rings. The zero-order chi connectivity index (χ0) is 14.7. The van der Waals surface area contributed by atoms with Gasteiger partial charge in [-0.1, -0.05) is 35.5 Å². The maximum absolute atomic E-state index is 11.5. The second-order valence-electron chi connectivity index (χ2n) is 4.22. The molecule has 106 valence electrons. The van der Waals surface area contributed by atoms with Crippen LogP contribution in [0.2, 0.25) is 5.02 Å². The number of nitrogens with zero attached hydrogens (tertiary/aromatic N) is 3. The van der Waals surface area contributed by atoms with Gasteiger partial charge in [-0.25, -0.2) is 0 Å². The second-order valence-corrected chi connectivity index (χ2v) is 5.93. The summed E-state index contributed by atoms with van der Waals surface area (Å²) in [6, 6.07) is 7.47. The number of benzene rings is 1. The van der Waals surface area contributed by atoms with Crippen LogP contribution in [0.4, 0.5) is 0 Å². The van der Waals surface area contributed by atoms with Crippen LogP contribution in [-0.4, -0.2) is 33.0 Å². The zero-order valence-corrected chi connectivity index (χ0v) is 13.0. The number of thioether (sulfide) groups is 1. The van der Waals surface area contributed by atoms with Crippen molar-refractivity contribution in [1.29, 1.82) is 0 Å². The molecule has 1 aromatic carbocycles. The van der Waals surface area contributed by atoms with Gasteiger partial charge in [0.05, 0.1) is 10.3 Å². The smallest absolute Gasteiger partial charge is 0.233 e. The van der Waals surface area contributed by atoms with E-state index in [0.717, 1.165) is 5.56 Å². The lowest BCUT2D eigenvalue weighted by Crippen LogP contribution is -2.27. The van der Waals surface area contributed by atoms with Gasteiger partial charge in [-0.2, -0.15) is 0 Å². The first-order chi connectivity index (χ1) is 9.54. The molecule has 20 heavy (non-hydrogen) atoms. The fourth-order valence-electron chi connectivity index (χ4n) is 1.71. The van der Waals surface area contributed by atoms with Gasteiger partial charge in [-0.05, 0) is 19.1 Å². The third-order valence-electron chi connectivity index (χ3n) is 2.85. The Morgan fingerprint density at radius 2 is 2.10 bits per heavy atom. The SMILES string of the molecule is CNC(=O)C(C)Sc1nnc(-c2ccccc2Cl)n1C. The van der Waals surface area contributed by atoms with E-state index >= 15 is 0 Å². The van der Waals surface area contributed by atoms with Crippen LogP contribution in [-0.2, 0) is 11.8 Å². The van der Waals surface area contributed by atoms with E-state index < -0.39 is 0 Å². The standard InChI is InChI=1S/C13H15ClN4OS/c1-8(12(19)15-2)20-13-17-16-11(18(13)3)9-6-4-5-7-10(9)14/h4-8H,1-3H3,(H,15,19). The molecule has 0 aliphatic carbocycles. The third-order valence-corrected chi connectivity index (χ3v) is 4.31. The summed E-state index contributed by atoms with van der Waals surface area (Å²) in [6.45, 7) is 1.83. The van der Waals surface area contributed by atoms with Crippen molar-refractivity contribution in [3.8, 4) is 11.4 Å². The lowest BCUT2D eigenvalue weighted by atomic mass is 10.2. The Morgan fingerprint density at radius 3 is 2.75 bits per heavy atom. The molecule has 1 atom stereocenters. The Balaban J connectivity index is 2.28. The van der Waals surface area contributed by atoms with Crippen LogP contribution in [0.15, 0.2) is 29.4 Å². The largest absolute Gasteiger partial charge is 0.358 e. The minimum atomic E-state index is -0.234. The summed E-state index contributed by atoms with van der Waals surface area (Å²) in [5.74, 6) is 0.638. The lowest BCUT2D eigenvalue weighted by Gasteiger charge is -2.09. The van der Waals surface area contributed by atoms with Gasteiger partial charge in [-0.15, -0.1) is 10.2 Å². The van der Waals surface area contributed by atoms with Gasteiger partial charge in [0.1, 0.15) is 0 Å². The summed E-state index contributed by atoms with van der Waals surface area (Å²) in [5, 5.41) is 12.0. The second kappa shape index (κ2) is 6.28. The van der Waals surface area contributed by atoms with Gasteiger partial charge >= 0.3 is 0 Å². The van der Waals surface area contributed by atoms with Crippen molar-refractivity contribution in [2.45, 2.75) is 17.3 Å². The van der Waals surface area contributed by atoms with E-state index in [1.807, 2.05) is 42.8 Å². The van der Waals surface area contributed by atoms with Crippen LogP contribution in [0.3, 0.4) is 0 Å². The number of nitrogens with one attached hydrogen (secondary N) is 1. The third kappa shape index (κ3) is 2.96. The van der Waals surface area contributed by atoms with Crippen molar-refractivity contribution in [2.24, 2.45) is 7.05 Å². The molecule has 1 unspecified atom stereocenters. The molecular formula is C13H15ClN4OS. The number of amides is 1. The highest BCUT2D eigenvalue weighted by molar-refractivity contribution is 8.00. The number of hydrogen-bond acceptors (Lipinski definition) is 4. The summed E-state index contributed by atoms with van der Waals surface area (Å²) in [4.78, 5) is 11.5. The van der Waals surface area contributed by atoms with Crippen molar-refractivity contribution >= 4 is 29.3 Å². The summed E-state index contributed by atoms with van der Waals surface area (Å²) in [7, 11) is 3.48. The lowest BCUT2D eigenvalue weighted by molar-refractivity contribution is -0.119. The molecule has 1 amide bonds. The van der Waals surface area contributed by atoms with E-state index in [1.165, 1.54) is 11.8 Å². The van der Waals surface area contributed by atoms with Crippen LogP contribution >= 0.6 is 23.4 Å². The fraction of sp³-hybridized carbons (Fsp3) is 0.308. The normalized spacial score (nSPS) is 12.2. The Hall–Kier alpha value is -1.53. The minimum Gasteiger partial charge on any atom is -0.358 e. The first kappa shape index (κ1) is 14.9. The van der Waals surface area contributed by atoms with E-state index in [4.69, 9.17) is 11.6 Å². The molecule has 7 heteroatoms. The molecule has 0 radical (unpaired) electrons.